The molecule has 0 saturated heterocycles. The average molecular weight is 363 g/mol. The van der Waals surface area contributed by atoms with Gasteiger partial charge in [-0.1, -0.05) is 0 Å². The zero-order valence-electron chi connectivity index (χ0n) is 12.7. The van der Waals surface area contributed by atoms with Crippen molar-refractivity contribution in [2.75, 3.05) is 0 Å². The van der Waals surface area contributed by atoms with E-state index in [0.717, 1.165) is 17.3 Å². The van der Waals surface area contributed by atoms with E-state index in [1.54, 1.807) is 12.4 Å². The molecule has 0 aliphatic heterocycles. The van der Waals surface area contributed by atoms with Crippen molar-refractivity contribution < 1.29 is 12.8 Å². The largest absolute Gasteiger partial charge is 0.264 e. The van der Waals surface area contributed by atoms with Crippen molar-refractivity contribution in [1.82, 2.24) is 14.7 Å². The van der Waals surface area contributed by atoms with E-state index in [2.05, 4.69) is 14.7 Å². The topological polar surface area (TPSA) is 72.0 Å². The molecule has 0 spiro atoms. The van der Waals surface area contributed by atoms with Crippen LogP contribution in [0.15, 0.2) is 53.0 Å². The van der Waals surface area contributed by atoms with Gasteiger partial charge in [0.05, 0.1) is 17.1 Å². The van der Waals surface area contributed by atoms with Gasteiger partial charge in [-0.3, -0.25) is 4.98 Å². The van der Waals surface area contributed by atoms with Crippen LogP contribution < -0.4 is 4.72 Å². The summed E-state index contributed by atoms with van der Waals surface area (Å²) >= 11 is 1.36. The van der Waals surface area contributed by atoms with Gasteiger partial charge in [0.15, 0.2) is 0 Å². The minimum absolute atomic E-state index is 0.0328. The van der Waals surface area contributed by atoms with E-state index < -0.39 is 15.8 Å². The number of hydrogen-bond acceptors (Lipinski definition) is 5. The standard InChI is InChI=1S/C16H14FN3O2S2/c1-11-7-13(4-5-14(11)17)24(21,22)19-9-16-20-15(10-23-16)12-3-2-6-18-8-12/h2-8,10,19H,9H2,1H3. The highest BCUT2D eigenvalue weighted by Gasteiger charge is 2.16. The number of hydrogen-bond donors (Lipinski definition) is 1. The third-order valence-corrected chi connectivity index (χ3v) is 5.61. The summed E-state index contributed by atoms with van der Waals surface area (Å²) in [5.41, 5.74) is 1.91. The summed E-state index contributed by atoms with van der Waals surface area (Å²) in [7, 11) is -3.72. The third-order valence-electron chi connectivity index (χ3n) is 3.36. The summed E-state index contributed by atoms with van der Waals surface area (Å²) in [6, 6.07) is 7.40. The summed E-state index contributed by atoms with van der Waals surface area (Å²) in [4.78, 5) is 8.47. The maximum absolute atomic E-state index is 13.3. The van der Waals surface area contributed by atoms with E-state index in [9.17, 15) is 12.8 Å². The van der Waals surface area contributed by atoms with Crippen molar-refractivity contribution in [1.29, 1.82) is 0 Å². The molecule has 0 bridgehead atoms. The molecule has 2 aromatic heterocycles. The molecule has 24 heavy (non-hydrogen) atoms. The monoisotopic (exact) mass is 363 g/mol. The lowest BCUT2D eigenvalue weighted by molar-refractivity contribution is 0.579. The fraction of sp³-hybridized carbons (Fsp3) is 0.125. The number of halogens is 1. The van der Waals surface area contributed by atoms with Gasteiger partial charge in [0.2, 0.25) is 10.0 Å². The summed E-state index contributed by atoms with van der Waals surface area (Å²) in [6.07, 6.45) is 3.37. The smallest absolute Gasteiger partial charge is 0.240 e. The van der Waals surface area contributed by atoms with Gasteiger partial charge in [0.1, 0.15) is 10.8 Å². The summed E-state index contributed by atoms with van der Waals surface area (Å²) < 4.78 is 40.3. The van der Waals surface area contributed by atoms with Crippen LogP contribution in [0.25, 0.3) is 11.3 Å². The molecular formula is C16H14FN3O2S2. The van der Waals surface area contributed by atoms with Crippen molar-refractivity contribution in [3.8, 4) is 11.3 Å². The normalized spacial score (nSPS) is 11.6. The number of sulfonamides is 1. The predicted molar refractivity (Wildman–Crippen MR) is 90.5 cm³/mol. The zero-order valence-corrected chi connectivity index (χ0v) is 14.4. The van der Waals surface area contributed by atoms with Crippen LogP contribution in [0.3, 0.4) is 0 Å². The van der Waals surface area contributed by atoms with E-state index in [0.29, 0.717) is 5.01 Å². The number of benzene rings is 1. The van der Waals surface area contributed by atoms with E-state index in [1.165, 1.54) is 30.4 Å². The van der Waals surface area contributed by atoms with Crippen LogP contribution in [0.4, 0.5) is 4.39 Å². The molecule has 0 saturated carbocycles. The first kappa shape index (κ1) is 16.7. The Labute approximate surface area is 143 Å². The predicted octanol–water partition coefficient (Wildman–Crippen LogP) is 3.13. The second kappa shape index (κ2) is 6.76. The van der Waals surface area contributed by atoms with Crippen molar-refractivity contribution in [3.05, 3.63) is 64.5 Å². The van der Waals surface area contributed by atoms with E-state index in [1.807, 2.05) is 17.5 Å². The van der Waals surface area contributed by atoms with Gasteiger partial charge >= 0.3 is 0 Å². The number of thiazole rings is 1. The van der Waals surface area contributed by atoms with Crippen LogP contribution >= 0.6 is 11.3 Å². The molecule has 0 fully saturated rings. The zero-order chi connectivity index (χ0) is 17.2. The van der Waals surface area contributed by atoms with Crippen LogP contribution in [-0.4, -0.2) is 18.4 Å². The Morgan fingerprint density at radius 2 is 2.12 bits per heavy atom. The first-order valence-electron chi connectivity index (χ1n) is 7.06. The van der Waals surface area contributed by atoms with E-state index in [-0.39, 0.29) is 17.0 Å². The lowest BCUT2D eigenvalue weighted by Gasteiger charge is -2.06. The molecule has 0 unspecified atom stereocenters. The lowest BCUT2D eigenvalue weighted by atomic mass is 10.2. The molecule has 1 N–H and O–H groups in total. The van der Waals surface area contributed by atoms with Gasteiger partial charge in [0.25, 0.3) is 0 Å². The molecule has 3 aromatic rings. The second-order valence-corrected chi connectivity index (χ2v) is 7.81. The number of rotatable bonds is 5. The van der Waals surface area contributed by atoms with Crippen LogP contribution in [-0.2, 0) is 16.6 Å². The molecule has 8 heteroatoms. The quantitative estimate of drug-likeness (QED) is 0.756. The molecule has 0 aliphatic rings. The number of aromatic nitrogens is 2. The first-order valence-corrected chi connectivity index (χ1v) is 9.42. The van der Waals surface area contributed by atoms with Gasteiger partial charge in [-0.25, -0.2) is 22.5 Å². The molecule has 3 rings (SSSR count). The summed E-state index contributed by atoms with van der Waals surface area (Å²) in [5, 5.41) is 2.49. The number of nitrogens with one attached hydrogen (secondary N) is 1. The Morgan fingerprint density at radius 3 is 2.83 bits per heavy atom. The Bertz CT molecular complexity index is 956. The first-order chi connectivity index (χ1) is 11.5. The molecule has 0 amide bonds. The average Bonchev–Trinajstić information content (AvgIpc) is 3.05. The van der Waals surface area contributed by atoms with Gasteiger partial charge in [-0.15, -0.1) is 11.3 Å². The van der Waals surface area contributed by atoms with Crippen molar-refractivity contribution in [3.63, 3.8) is 0 Å². The highest BCUT2D eigenvalue weighted by Crippen LogP contribution is 2.21. The molecule has 1 aromatic carbocycles. The highest BCUT2D eigenvalue weighted by atomic mass is 32.2. The Morgan fingerprint density at radius 1 is 1.29 bits per heavy atom. The number of aryl methyl sites for hydroxylation is 1. The molecule has 5 nitrogen and oxygen atoms in total. The van der Waals surface area contributed by atoms with Gasteiger partial charge in [-0.05, 0) is 42.8 Å². The molecule has 124 valence electrons. The number of nitrogens with zero attached hydrogens (tertiary/aromatic N) is 2. The minimum atomic E-state index is -3.72. The molecule has 2 heterocycles. The number of pyridine rings is 1. The SMILES string of the molecule is Cc1cc(S(=O)(=O)NCc2nc(-c3cccnc3)cs2)ccc1F. The minimum Gasteiger partial charge on any atom is -0.264 e. The van der Waals surface area contributed by atoms with E-state index in [4.69, 9.17) is 0 Å². The molecular weight excluding hydrogens is 349 g/mol. The third kappa shape index (κ3) is 3.66. The Balaban J connectivity index is 1.73. The van der Waals surface area contributed by atoms with Crippen molar-refractivity contribution in [2.24, 2.45) is 0 Å². The van der Waals surface area contributed by atoms with Crippen LogP contribution in [0.5, 0.6) is 0 Å². The van der Waals surface area contributed by atoms with Crippen molar-refractivity contribution in [2.45, 2.75) is 18.4 Å². The maximum Gasteiger partial charge on any atom is 0.240 e. The Hall–Kier alpha value is -2.16. The summed E-state index contributed by atoms with van der Waals surface area (Å²) in [5.74, 6) is -0.435. The maximum atomic E-state index is 13.3. The molecule has 0 aliphatic carbocycles. The Kier molecular flexibility index (Phi) is 4.70. The van der Waals surface area contributed by atoms with Gasteiger partial charge in [0, 0.05) is 23.3 Å². The molecule has 0 radical (unpaired) electrons. The fourth-order valence-corrected chi connectivity index (χ4v) is 3.97. The fourth-order valence-electron chi connectivity index (χ4n) is 2.06. The van der Waals surface area contributed by atoms with Gasteiger partial charge in [-0.2, -0.15) is 0 Å². The van der Waals surface area contributed by atoms with Crippen LogP contribution in [0.1, 0.15) is 10.6 Å². The van der Waals surface area contributed by atoms with E-state index >= 15 is 0 Å². The van der Waals surface area contributed by atoms with Crippen LogP contribution in [0, 0.1) is 12.7 Å². The summed E-state index contributed by atoms with van der Waals surface area (Å²) in [6.45, 7) is 1.60. The highest BCUT2D eigenvalue weighted by molar-refractivity contribution is 7.89. The second-order valence-electron chi connectivity index (χ2n) is 5.10. The lowest BCUT2D eigenvalue weighted by Crippen LogP contribution is -2.23. The van der Waals surface area contributed by atoms with Gasteiger partial charge < -0.3 is 0 Å². The van der Waals surface area contributed by atoms with Crippen LogP contribution in [0.2, 0.25) is 0 Å². The molecule has 0 atom stereocenters. The van der Waals surface area contributed by atoms with Crippen molar-refractivity contribution >= 4 is 21.4 Å².